The molecule has 3 aromatic rings. The molecule has 1 aromatic heterocycles. The van der Waals surface area contributed by atoms with Gasteiger partial charge in [-0.1, -0.05) is 60.7 Å². The Kier molecular flexibility index (Phi) is 13.1. The minimum Gasteiger partial charge on any atom is -0.497 e. The van der Waals surface area contributed by atoms with E-state index in [1.807, 2.05) is 41.3 Å². The van der Waals surface area contributed by atoms with E-state index >= 15 is 0 Å². The van der Waals surface area contributed by atoms with E-state index in [4.69, 9.17) is 40.3 Å². The number of alkyl carbamates (subject to hydrolysis) is 1. The summed E-state index contributed by atoms with van der Waals surface area (Å²) in [5, 5.41) is 2.45. The van der Waals surface area contributed by atoms with Gasteiger partial charge >= 0.3 is 18.0 Å². The van der Waals surface area contributed by atoms with E-state index in [0.717, 1.165) is 30.4 Å². The number of ether oxygens (including phenoxy) is 5. The quantitative estimate of drug-likeness (QED) is 0.0526. The first kappa shape index (κ1) is 40.8. The van der Waals surface area contributed by atoms with Crippen LogP contribution in [0.3, 0.4) is 0 Å². The van der Waals surface area contributed by atoms with Gasteiger partial charge in [0, 0.05) is 23.7 Å². The molecule has 2 heterocycles. The Balaban J connectivity index is 1.14. The Morgan fingerprint density at radius 3 is 2.39 bits per heavy atom. The molecule has 12 nitrogen and oxygen atoms in total. The number of benzene rings is 2. The highest BCUT2D eigenvalue weighted by atomic mass is 32.2. The fraction of sp³-hybridized carbons (Fsp3) is 0.452. The average molecular weight is 805 g/mol. The van der Waals surface area contributed by atoms with Crippen molar-refractivity contribution in [2.75, 3.05) is 20.8 Å². The number of furan rings is 1. The molecule has 3 aliphatic rings. The van der Waals surface area contributed by atoms with Crippen molar-refractivity contribution in [3.05, 3.63) is 76.4 Å². The van der Waals surface area contributed by atoms with Crippen LogP contribution in [0.25, 0.3) is 17.4 Å². The van der Waals surface area contributed by atoms with E-state index in [2.05, 4.69) is 5.32 Å². The highest BCUT2D eigenvalue weighted by molar-refractivity contribution is 8.26. The molecule has 2 aliphatic carbocycles. The Morgan fingerprint density at radius 2 is 1.75 bits per heavy atom. The van der Waals surface area contributed by atoms with Crippen molar-refractivity contribution in [1.29, 1.82) is 0 Å². The van der Waals surface area contributed by atoms with Crippen LogP contribution < -0.4 is 14.8 Å². The fourth-order valence-corrected chi connectivity index (χ4v) is 8.76. The lowest BCUT2D eigenvalue weighted by atomic mass is 9.94. The largest absolute Gasteiger partial charge is 0.497 e. The van der Waals surface area contributed by atoms with E-state index in [0.29, 0.717) is 62.5 Å². The molecule has 2 amide bonds. The second-order valence-corrected chi connectivity index (χ2v) is 16.9. The normalized spacial score (nSPS) is 20.3. The van der Waals surface area contributed by atoms with Crippen LogP contribution in [0.15, 0.2) is 63.9 Å². The third-order valence-electron chi connectivity index (χ3n) is 10.0. The molecule has 1 aliphatic heterocycles. The van der Waals surface area contributed by atoms with Gasteiger partial charge < -0.3 is 33.4 Å². The first-order valence-electron chi connectivity index (χ1n) is 18.8. The Labute approximate surface area is 336 Å². The van der Waals surface area contributed by atoms with Crippen LogP contribution in [0.5, 0.6) is 11.5 Å². The van der Waals surface area contributed by atoms with Gasteiger partial charge in [0.05, 0.1) is 32.2 Å². The number of hydrogen-bond donors (Lipinski definition) is 1. The predicted octanol–water partition coefficient (Wildman–Crippen LogP) is 7.86. The molecule has 56 heavy (non-hydrogen) atoms. The topological polar surface area (TPSA) is 143 Å². The van der Waals surface area contributed by atoms with E-state index < -0.39 is 36.1 Å². The molecule has 6 rings (SSSR count). The molecule has 4 atom stereocenters. The van der Waals surface area contributed by atoms with Crippen LogP contribution in [0.4, 0.5) is 4.79 Å². The number of thiocarbonyl (C=S) groups is 1. The Bertz CT molecular complexity index is 1950. The van der Waals surface area contributed by atoms with Crippen LogP contribution in [0.2, 0.25) is 0 Å². The van der Waals surface area contributed by atoms with Crippen molar-refractivity contribution >= 4 is 58.3 Å². The van der Waals surface area contributed by atoms with Crippen molar-refractivity contribution in [2.45, 2.75) is 90.0 Å². The van der Waals surface area contributed by atoms with E-state index in [1.165, 1.54) is 18.2 Å². The van der Waals surface area contributed by atoms with Crippen LogP contribution in [-0.2, 0) is 41.6 Å². The lowest BCUT2D eigenvalue weighted by Crippen LogP contribution is -2.45. The SMILES string of the molecule is COc1cc(OC)cc(-c2cc(CCCOC(=O)CC(NC(=O)OC(C)(C)C)C(=O)OCc3ccccc3)c(C=C3SC(=S)N(C4CC5CCC4C5)C3=O)o2)c1. The van der Waals surface area contributed by atoms with Gasteiger partial charge in [0.15, 0.2) is 0 Å². The number of amides is 2. The van der Waals surface area contributed by atoms with Crippen molar-refractivity contribution in [3.8, 4) is 22.8 Å². The van der Waals surface area contributed by atoms with Gasteiger partial charge in [-0.25, -0.2) is 9.59 Å². The lowest BCUT2D eigenvalue weighted by Gasteiger charge is -2.30. The Hall–Kier alpha value is -4.82. The first-order valence-corrected chi connectivity index (χ1v) is 20.0. The Morgan fingerprint density at radius 1 is 1.02 bits per heavy atom. The molecule has 2 aromatic carbocycles. The van der Waals surface area contributed by atoms with E-state index in [-0.39, 0.29) is 25.2 Å². The van der Waals surface area contributed by atoms with E-state index in [1.54, 1.807) is 59.3 Å². The number of fused-ring (bicyclic) bond motifs is 2. The second-order valence-electron chi connectivity index (χ2n) is 15.2. The summed E-state index contributed by atoms with van der Waals surface area (Å²) < 4.78 is 34.2. The first-order chi connectivity index (χ1) is 26.8. The summed E-state index contributed by atoms with van der Waals surface area (Å²) in [5.41, 5.74) is 1.43. The number of nitrogens with one attached hydrogen (secondary N) is 1. The van der Waals surface area contributed by atoms with Gasteiger partial charge in [0.25, 0.3) is 5.91 Å². The number of carbonyl (C=O) groups is 4. The molecular formula is C42H48N2O10S2. The fourth-order valence-electron chi connectivity index (χ4n) is 7.41. The summed E-state index contributed by atoms with van der Waals surface area (Å²) in [6, 6.07) is 15.2. The number of hydrogen-bond acceptors (Lipinski definition) is 12. The molecule has 0 radical (unpaired) electrons. The summed E-state index contributed by atoms with van der Waals surface area (Å²) >= 11 is 7.02. The molecule has 2 saturated carbocycles. The number of esters is 2. The number of rotatable bonds is 15. The predicted molar refractivity (Wildman–Crippen MR) is 215 cm³/mol. The molecule has 1 N–H and O–H groups in total. The summed E-state index contributed by atoms with van der Waals surface area (Å²) in [5.74, 6) is 1.74. The van der Waals surface area contributed by atoms with Crippen molar-refractivity contribution in [3.63, 3.8) is 0 Å². The number of carbonyl (C=O) groups excluding carboxylic acids is 4. The minimum absolute atomic E-state index is 0.0103. The van der Waals surface area contributed by atoms with Crippen molar-refractivity contribution in [1.82, 2.24) is 10.2 Å². The molecule has 2 bridgehead atoms. The lowest BCUT2D eigenvalue weighted by molar-refractivity contribution is -0.153. The minimum atomic E-state index is -1.33. The third-order valence-corrected chi connectivity index (χ3v) is 11.3. The van der Waals surface area contributed by atoms with Crippen molar-refractivity contribution < 1.29 is 47.3 Å². The summed E-state index contributed by atoms with van der Waals surface area (Å²) in [6.45, 7) is 5.04. The monoisotopic (exact) mass is 804 g/mol. The van der Waals surface area contributed by atoms with Crippen LogP contribution in [0, 0.1) is 11.8 Å². The number of methoxy groups -OCH3 is 2. The highest BCUT2D eigenvalue weighted by Crippen LogP contribution is 2.49. The molecule has 1 saturated heterocycles. The molecule has 298 valence electrons. The maximum Gasteiger partial charge on any atom is 0.408 e. The summed E-state index contributed by atoms with van der Waals surface area (Å²) in [7, 11) is 3.14. The van der Waals surface area contributed by atoms with Crippen LogP contribution in [0.1, 0.15) is 76.2 Å². The highest BCUT2D eigenvalue weighted by Gasteiger charge is 2.48. The second kappa shape index (κ2) is 18.0. The van der Waals surface area contributed by atoms with Crippen LogP contribution in [-0.4, -0.2) is 71.7 Å². The smallest absolute Gasteiger partial charge is 0.408 e. The molecule has 4 unspecified atom stereocenters. The zero-order chi connectivity index (χ0) is 40.0. The third kappa shape index (κ3) is 10.3. The van der Waals surface area contributed by atoms with Gasteiger partial charge in [-0.3, -0.25) is 14.5 Å². The summed E-state index contributed by atoms with van der Waals surface area (Å²) in [4.78, 5) is 54.8. The zero-order valence-corrected chi connectivity index (χ0v) is 33.9. The van der Waals surface area contributed by atoms with Gasteiger partial charge in [-0.2, -0.15) is 0 Å². The number of nitrogens with zero attached hydrogens (tertiary/aromatic N) is 1. The maximum atomic E-state index is 13.8. The molecular weight excluding hydrogens is 757 g/mol. The summed E-state index contributed by atoms with van der Waals surface area (Å²) in [6.07, 6.45) is 5.74. The van der Waals surface area contributed by atoms with Gasteiger partial charge in [-0.15, -0.1) is 0 Å². The maximum absolute atomic E-state index is 13.8. The zero-order valence-electron chi connectivity index (χ0n) is 32.3. The van der Waals surface area contributed by atoms with Crippen LogP contribution >= 0.6 is 24.0 Å². The van der Waals surface area contributed by atoms with Gasteiger partial charge in [0.1, 0.15) is 45.6 Å². The molecule has 0 spiro atoms. The van der Waals surface area contributed by atoms with Gasteiger partial charge in [-0.05, 0) is 94.0 Å². The van der Waals surface area contributed by atoms with E-state index in [9.17, 15) is 19.2 Å². The standard InChI is InChI=1S/C42H48N2O10S2/c1-42(2,3)54-40(48)43-32(39(47)52-24-25-10-7-6-8-11-25)22-37(45)51-15-9-12-28-20-34(29-18-30(49-4)21-31(19-29)50-5)53-35(28)23-36-38(46)44(41(55)56-36)33-17-26-13-14-27(33)16-26/h6-8,10-11,18-21,23,26-27,32-33H,9,12-17,22,24H2,1-5H3,(H,43,48). The average Bonchev–Trinajstić information content (AvgIpc) is 3.96. The van der Waals surface area contributed by atoms with Crippen molar-refractivity contribution in [2.24, 2.45) is 11.8 Å². The molecule has 3 fully saturated rings. The molecule has 14 heteroatoms. The van der Waals surface area contributed by atoms with Gasteiger partial charge in [0.2, 0.25) is 0 Å². The number of aryl methyl sites for hydroxylation is 1. The number of thioether (sulfide) groups is 1.